The number of thiophene rings is 1. The molecule has 0 unspecified atom stereocenters. The van der Waals surface area contributed by atoms with Crippen LogP contribution in [-0.2, 0) is 16.0 Å². The molecule has 15 heavy (non-hydrogen) atoms. The zero-order chi connectivity index (χ0) is 11.3. The highest BCUT2D eigenvalue weighted by Crippen LogP contribution is 2.23. The van der Waals surface area contributed by atoms with Gasteiger partial charge >= 0.3 is 0 Å². The molecule has 1 aromatic rings. The molecular weight excluding hydrogens is 208 g/mol. The van der Waals surface area contributed by atoms with Crippen molar-refractivity contribution in [3.63, 3.8) is 0 Å². The Kier molecular flexibility index (Phi) is 4.48. The third kappa shape index (κ3) is 2.67. The van der Waals surface area contributed by atoms with Crippen molar-refractivity contribution in [2.75, 3.05) is 7.11 Å². The molecule has 0 radical (unpaired) electrons. The van der Waals surface area contributed by atoms with E-state index in [4.69, 9.17) is 4.74 Å². The van der Waals surface area contributed by atoms with E-state index in [2.05, 4.69) is 0 Å². The first-order chi connectivity index (χ1) is 7.18. The molecule has 0 aliphatic heterocycles. The molecule has 1 heterocycles. The van der Waals surface area contributed by atoms with E-state index >= 15 is 0 Å². The summed E-state index contributed by atoms with van der Waals surface area (Å²) in [6.07, 6.45) is 1.97. The smallest absolute Gasteiger partial charge is 0.169 e. The molecule has 0 atom stereocenters. The second-order valence-corrected chi connectivity index (χ2v) is 4.62. The first-order valence-corrected chi connectivity index (χ1v) is 6.17. The number of methoxy groups -OCH3 is 1. The van der Waals surface area contributed by atoms with Gasteiger partial charge in [0.15, 0.2) is 5.78 Å². The number of ketones is 1. The number of ether oxygens (including phenoxy) is 1. The summed E-state index contributed by atoms with van der Waals surface area (Å²) in [6.45, 7) is 4.00. The van der Waals surface area contributed by atoms with Crippen molar-refractivity contribution in [1.82, 2.24) is 0 Å². The van der Waals surface area contributed by atoms with E-state index in [0.717, 1.165) is 17.7 Å². The summed E-state index contributed by atoms with van der Waals surface area (Å²) in [5.41, 5.74) is -0.579. The second-order valence-electron chi connectivity index (χ2n) is 3.58. The van der Waals surface area contributed by atoms with Crippen LogP contribution in [0.15, 0.2) is 17.5 Å². The maximum atomic E-state index is 12.1. The lowest BCUT2D eigenvalue weighted by molar-refractivity contribution is -0.141. The third-order valence-electron chi connectivity index (χ3n) is 2.96. The lowest BCUT2D eigenvalue weighted by Crippen LogP contribution is -2.40. The van der Waals surface area contributed by atoms with E-state index in [1.165, 1.54) is 0 Å². The summed E-state index contributed by atoms with van der Waals surface area (Å²) in [5, 5.41) is 2.00. The van der Waals surface area contributed by atoms with Crippen LogP contribution in [0, 0.1) is 0 Å². The van der Waals surface area contributed by atoms with Gasteiger partial charge in [-0.25, -0.2) is 0 Å². The summed E-state index contributed by atoms with van der Waals surface area (Å²) in [4.78, 5) is 13.2. The van der Waals surface area contributed by atoms with E-state index in [9.17, 15) is 4.79 Å². The van der Waals surface area contributed by atoms with Gasteiger partial charge in [-0.2, -0.15) is 0 Å². The van der Waals surface area contributed by atoms with E-state index in [1.807, 2.05) is 31.4 Å². The van der Waals surface area contributed by atoms with Gasteiger partial charge < -0.3 is 4.74 Å². The number of carbonyl (C=O) groups excluding carboxylic acids is 1. The van der Waals surface area contributed by atoms with Crippen LogP contribution in [0.2, 0.25) is 0 Å². The van der Waals surface area contributed by atoms with Crippen molar-refractivity contribution in [3.8, 4) is 0 Å². The molecule has 0 saturated heterocycles. The highest BCUT2D eigenvalue weighted by atomic mass is 32.1. The van der Waals surface area contributed by atoms with Crippen molar-refractivity contribution >= 4 is 17.1 Å². The van der Waals surface area contributed by atoms with Gasteiger partial charge in [0.05, 0.1) is 0 Å². The molecule has 1 rings (SSSR count). The molecule has 0 aliphatic rings. The third-order valence-corrected chi connectivity index (χ3v) is 3.83. The SMILES string of the molecule is CCC(CC)(OC)C(=O)Cc1cccs1. The minimum absolute atomic E-state index is 0.192. The highest BCUT2D eigenvalue weighted by molar-refractivity contribution is 7.10. The fourth-order valence-electron chi connectivity index (χ4n) is 1.78. The molecule has 0 amide bonds. The van der Waals surface area contributed by atoms with E-state index in [-0.39, 0.29) is 5.78 Å². The predicted octanol–water partition coefficient (Wildman–Crippen LogP) is 3.06. The standard InChI is InChI=1S/C12H18O2S/c1-4-12(5-2,14-3)11(13)9-10-7-6-8-15-10/h6-8H,4-5,9H2,1-3H3. The van der Waals surface area contributed by atoms with Gasteiger partial charge in [0.25, 0.3) is 0 Å². The van der Waals surface area contributed by atoms with E-state index in [0.29, 0.717) is 6.42 Å². The molecule has 0 fully saturated rings. The molecule has 3 heteroatoms. The molecule has 0 aromatic carbocycles. The number of hydrogen-bond acceptors (Lipinski definition) is 3. The quantitative estimate of drug-likeness (QED) is 0.745. The Hall–Kier alpha value is -0.670. The summed E-state index contributed by atoms with van der Waals surface area (Å²) < 4.78 is 5.40. The summed E-state index contributed by atoms with van der Waals surface area (Å²) in [7, 11) is 1.62. The molecule has 0 N–H and O–H groups in total. The fourth-order valence-corrected chi connectivity index (χ4v) is 2.48. The van der Waals surface area contributed by atoms with Gasteiger partial charge in [-0.3, -0.25) is 4.79 Å². The monoisotopic (exact) mass is 226 g/mol. The molecule has 0 saturated carbocycles. The first kappa shape index (κ1) is 12.4. The topological polar surface area (TPSA) is 26.3 Å². The van der Waals surface area contributed by atoms with Crippen molar-refractivity contribution < 1.29 is 9.53 Å². The van der Waals surface area contributed by atoms with Crippen molar-refractivity contribution in [3.05, 3.63) is 22.4 Å². The summed E-state index contributed by atoms with van der Waals surface area (Å²) >= 11 is 1.62. The Morgan fingerprint density at radius 2 is 2.13 bits per heavy atom. The van der Waals surface area contributed by atoms with Gasteiger partial charge in [-0.1, -0.05) is 19.9 Å². The van der Waals surface area contributed by atoms with Gasteiger partial charge in [-0.05, 0) is 24.3 Å². The van der Waals surface area contributed by atoms with Crippen LogP contribution in [0.3, 0.4) is 0 Å². The lowest BCUT2D eigenvalue weighted by atomic mass is 9.90. The number of rotatable bonds is 6. The highest BCUT2D eigenvalue weighted by Gasteiger charge is 2.34. The summed E-state index contributed by atoms with van der Waals surface area (Å²) in [5.74, 6) is 0.192. The van der Waals surface area contributed by atoms with Crippen LogP contribution in [-0.4, -0.2) is 18.5 Å². The zero-order valence-corrected chi connectivity index (χ0v) is 10.4. The maximum absolute atomic E-state index is 12.1. The first-order valence-electron chi connectivity index (χ1n) is 5.29. The Balaban J connectivity index is 2.73. The zero-order valence-electron chi connectivity index (χ0n) is 9.58. The molecule has 0 spiro atoms. The predicted molar refractivity (Wildman–Crippen MR) is 63.4 cm³/mol. The van der Waals surface area contributed by atoms with Crippen LogP contribution < -0.4 is 0 Å². The van der Waals surface area contributed by atoms with Gasteiger partial charge in [0.1, 0.15) is 5.60 Å². The molecule has 0 aliphatic carbocycles. The van der Waals surface area contributed by atoms with E-state index < -0.39 is 5.60 Å². The Morgan fingerprint density at radius 3 is 2.53 bits per heavy atom. The minimum Gasteiger partial charge on any atom is -0.370 e. The van der Waals surface area contributed by atoms with Crippen molar-refractivity contribution in [2.24, 2.45) is 0 Å². The largest absolute Gasteiger partial charge is 0.370 e. The molecule has 84 valence electrons. The fraction of sp³-hybridized carbons (Fsp3) is 0.583. The molecular formula is C12H18O2S. The minimum atomic E-state index is -0.579. The van der Waals surface area contributed by atoms with E-state index in [1.54, 1.807) is 18.4 Å². The van der Waals surface area contributed by atoms with Crippen LogP contribution in [0.1, 0.15) is 31.6 Å². The van der Waals surface area contributed by atoms with Crippen LogP contribution in [0.25, 0.3) is 0 Å². The average Bonchev–Trinajstić information content (AvgIpc) is 2.74. The van der Waals surface area contributed by atoms with Crippen molar-refractivity contribution in [1.29, 1.82) is 0 Å². The summed E-state index contributed by atoms with van der Waals surface area (Å²) in [6, 6.07) is 3.97. The number of hydrogen-bond donors (Lipinski definition) is 0. The normalized spacial score (nSPS) is 11.7. The van der Waals surface area contributed by atoms with Gasteiger partial charge in [0.2, 0.25) is 0 Å². The van der Waals surface area contributed by atoms with Crippen LogP contribution in [0.5, 0.6) is 0 Å². The molecule has 2 nitrogen and oxygen atoms in total. The Morgan fingerprint density at radius 1 is 1.47 bits per heavy atom. The average molecular weight is 226 g/mol. The lowest BCUT2D eigenvalue weighted by Gasteiger charge is -2.28. The van der Waals surface area contributed by atoms with Crippen molar-refractivity contribution in [2.45, 2.75) is 38.7 Å². The Labute approximate surface area is 95.3 Å². The van der Waals surface area contributed by atoms with Crippen LogP contribution >= 0.6 is 11.3 Å². The number of Topliss-reactive ketones (excluding diaryl/α,β-unsaturated/α-hetero) is 1. The Bertz CT molecular complexity index is 291. The van der Waals surface area contributed by atoms with Gasteiger partial charge in [0, 0.05) is 18.4 Å². The molecule has 0 bridgehead atoms. The number of carbonyl (C=O) groups is 1. The van der Waals surface area contributed by atoms with Gasteiger partial charge in [-0.15, -0.1) is 11.3 Å². The maximum Gasteiger partial charge on any atom is 0.169 e. The molecule has 1 aromatic heterocycles. The van der Waals surface area contributed by atoms with Crippen LogP contribution in [0.4, 0.5) is 0 Å². The second kappa shape index (κ2) is 5.42.